The van der Waals surface area contributed by atoms with Gasteiger partial charge in [-0.3, -0.25) is 14.5 Å². The fourth-order valence-corrected chi connectivity index (χ4v) is 2.90. The van der Waals surface area contributed by atoms with Crippen molar-refractivity contribution in [2.45, 2.75) is 20.0 Å². The number of nitrogens with one attached hydrogen (secondary N) is 2. The SMILES string of the molecule is CCN(CC(=O)Nc1ccc(Cl)cc1C)CC(=O)Nc1ccccc1C(F)(F)F. The lowest BCUT2D eigenvalue weighted by molar-refractivity contribution is -0.137. The number of amides is 2. The van der Waals surface area contributed by atoms with Crippen molar-refractivity contribution in [3.63, 3.8) is 0 Å². The quantitative estimate of drug-likeness (QED) is 0.680. The van der Waals surface area contributed by atoms with E-state index in [0.29, 0.717) is 17.3 Å². The van der Waals surface area contributed by atoms with Crippen molar-refractivity contribution in [2.24, 2.45) is 0 Å². The van der Waals surface area contributed by atoms with Crippen molar-refractivity contribution in [3.8, 4) is 0 Å². The summed E-state index contributed by atoms with van der Waals surface area (Å²) in [6.07, 6.45) is -4.58. The number of nitrogens with zero attached hydrogens (tertiary/aromatic N) is 1. The molecule has 156 valence electrons. The van der Waals surface area contributed by atoms with E-state index >= 15 is 0 Å². The number of carbonyl (C=O) groups excluding carboxylic acids is 2. The molecule has 5 nitrogen and oxygen atoms in total. The number of halogens is 4. The highest BCUT2D eigenvalue weighted by atomic mass is 35.5. The maximum absolute atomic E-state index is 13.0. The van der Waals surface area contributed by atoms with Crippen LogP contribution in [-0.2, 0) is 15.8 Å². The molecule has 0 aliphatic rings. The van der Waals surface area contributed by atoms with Gasteiger partial charge in [-0.15, -0.1) is 0 Å². The molecule has 2 amide bonds. The van der Waals surface area contributed by atoms with Crippen molar-refractivity contribution in [1.29, 1.82) is 0 Å². The predicted molar refractivity (Wildman–Crippen MR) is 107 cm³/mol. The minimum absolute atomic E-state index is 0.0904. The summed E-state index contributed by atoms with van der Waals surface area (Å²) >= 11 is 5.89. The number of alkyl halides is 3. The molecule has 0 fully saturated rings. The van der Waals surface area contributed by atoms with Gasteiger partial charge < -0.3 is 10.6 Å². The number of hydrogen-bond donors (Lipinski definition) is 2. The third kappa shape index (κ3) is 6.76. The third-order valence-corrected chi connectivity index (χ3v) is 4.39. The Bertz CT molecular complexity index is 888. The van der Waals surface area contributed by atoms with Crippen LogP contribution in [0.3, 0.4) is 0 Å². The van der Waals surface area contributed by atoms with Gasteiger partial charge in [-0.25, -0.2) is 0 Å². The first-order valence-electron chi connectivity index (χ1n) is 8.84. The van der Waals surface area contributed by atoms with Gasteiger partial charge in [-0.2, -0.15) is 13.2 Å². The van der Waals surface area contributed by atoms with E-state index < -0.39 is 17.6 Å². The van der Waals surface area contributed by atoms with Gasteiger partial charge in [-0.05, 0) is 49.4 Å². The van der Waals surface area contributed by atoms with Gasteiger partial charge >= 0.3 is 6.18 Å². The molecule has 0 atom stereocenters. The van der Waals surface area contributed by atoms with Crippen LogP contribution in [0.4, 0.5) is 24.5 Å². The van der Waals surface area contributed by atoms with Crippen LogP contribution in [0.25, 0.3) is 0 Å². The Kier molecular flexibility index (Phi) is 7.64. The zero-order valence-electron chi connectivity index (χ0n) is 15.9. The second kappa shape index (κ2) is 9.76. The summed E-state index contributed by atoms with van der Waals surface area (Å²) in [5.41, 5.74) is 0.143. The lowest BCUT2D eigenvalue weighted by Crippen LogP contribution is -2.39. The molecule has 0 radical (unpaired) electrons. The van der Waals surface area contributed by atoms with Crippen molar-refractivity contribution in [3.05, 3.63) is 58.6 Å². The smallest absolute Gasteiger partial charge is 0.325 e. The molecule has 0 saturated heterocycles. The minimum Gasteiger partial charge on any atom is -0.325 e. The van der Waals surface area contributed by atoms with Crippen molar-refractivity contribution >= 4 is 34.8 Å². The summed E-state index contributed by atoms with van der Waals surface area (Å²) in [6.45, 7) is 3.59. The molecule has 0 aliphatic carbocycles. The molecule has 9 heteroatoms. The number of rotatable bonds is 7. The molecule has 0 bridgehead atoms. The van der Waals surface area contributed by atoms with E-state index in [2.05, 4.69) is 10.6 Å². The first kappa shape index (κ1) is 22.7. The van der Waals surface area contributed by atoms with Gasteiger partial charge in [0, 0.05) is 10.7 Å². The molecular formula is C20H21ClF3N3O2. The monoisotopic (exact) mass is 427 g/mol. The summed E-state index contributed by atoms with van der Waals surface area (Å²) < 4.78 is 39.1. The fourth-order valence-electron chi connectivity index (χ4n) is 2.67. The Morgan fingerprint density at radius 3 is 2.14 bits per heavy atom. The highest BCUT2D eigenvalue weighted by Crippen LogP contribution is 2.34. The lowest BCUT2D eigenvalue weighted by Gasteiger charge is -2.20. The number of para-hydroxylation sites is 1. The molecular weight excluding hydrogens is 407 g/mol. The van der Waals surface area contributed by atoms with Crippen LogP contribution in [0.2, 0.25) is 5.02 Å². The Morgan fingerprint density at radius 1 is 1.00 bits per heavy atom. The molecule has 2 aromatic carbocycles. The fraction of sp³-hybridized carbons (Fsp3) is 0.300. The largest absolute Gasteiger partial charge is 0.418 e. The zero-order valence-corrected chi connectivity index (χ0v) is 16.7. The Labute approximate surface area is 171 Å². The number of aryl methyl sites for hydroxylation is 1. The van der Waals surface area contributed by atoms with Gasteiger partial charge in [0.15, 0.2) is 0 Å². The van der Waals surface area contributed by atoms with Crippen LogP contribution < -0.4 is 10.6 Å². The summed E-state index contributed by atoms with van der Waals surface area (Å²) in [4.78, 5) is 26.0. The molecule has 0 aromatic heterocycles. The molecule has 2 aromatic rings. The molecule has 0 saturated carbocycles. The molecule has 0 spiro atoms. The average molecular weight is 428 g/mol. The molecule has 29 heavy (non-hydrogen) atoms. The molecule has 0 unspecified atom stereocenters. The number of carbonyl (C=O) groups is 2. The van der Waals surface area contributed by atoms with Crippen LogP contribution in [-0.4, -0.2) is 36.3 Å². The van der Waals surface area contributed by atoms with E-state index in [1.807, 2.05) is 0 Å². The average Bonchev–Trinajstić information content (AvgIpc) is 2.63. The van der Waals surface area contributed by atoms with E-state index in [9.17, 15) is 22.8 Å². The van der Waals surface area contributed by atoms with Crippen LogP contribution >= 0.6 is 11.6 Å². The van der Waals surface area contributed by atoms with Crippen LogP contribution in [0.1, 0.15) is 18.1 Å². The van der Waals surface area contributed by atoms with Crippen molar-refractivity contribution < 1.29 is 22.8 Å². The number of likely N-dealkylation sites (N-methyl/N-ethyl adjacent to an activating group) is 1. The predicted octanol–water partition coefficient (Wildman–Crippen LogP) is 4.57. The molecule has 2 rings (SSSR count). The first-order chi connectivity index (χ1) is 13.6. The highest BCUT2D eigenvalue weighted by Gasteiger charge is 2.33. The summed E-state index contributed by atoms with van der Waals surface area (Å²) in [7, 11) is 0. The third-order valence-electron chi connectivity index (χ3n) is 4.15. The summed E-state index contributed by atoms with van der Waals surface area (Å²) in [5, 5.41) is 5.56. The second-order valence-corrected chi connectivity index (χ2v) is 6.84. The normalized spacial score (nSPS) is 11.4. The molecule has 0 aliphatic heterocycles. The summed E-state index contributed by atoms with van der Waals surface area (Å²) in [6, 6.07) is 9.77. The Balaban J connectivity index is 1.97. The van der Waals surface area contributed by atoms with E-state index in [1.54, 1.807) is 32.0 Å². The standard InChI is InChI=1S/C20H21ClF3N3O2/c1-3-27(11-18(28)25-16-9-8-14(21)10-13(16)2)12-19(29)26-17-7-5-4-6-15(17)20(22,23)24/h4-10H,3,11-12H2,1-2H3,(H,25,28)(H,26,29). The van der Waals surface area contributed by atoms with E-state index in [1.165, 1.54) is 23.1 Å². The van der Waals surface area contributed by atoms with Gasteiger partial charge in [0.25, 0.3) is 0 Å². The Hall–Kier alpha value is -2.58. The van der Waals surface area contributed by atoms with Crippen LogP contribution in [0.15, 0.2) is 42.5 Å². The van der Waals surface area contributed by atoms with Crippen molar-refractivity contribution in [1.82, 2.24) is 4.90 Å². The number of anilines is 2. The highest BCUT2D eigenvalue weighted by molar-refractivity contribution is 6.30. The lowest BCUT2D eigenvalue weighted by atomic mass is 10.1. The van der Waals surface area contributed by atoms with Gasteiger partial charge in [0.1, 0.15) is 0 Å². The minimum atomic E-state index is -4.58. The number of hydrogen-bond acceptors (Lipinski definition) is 3. The van der Waals surface area contributed by atoms with Crippen molar-refractivity contribution in [2.75, 3.05) is 30.3 Å². The topological polar surface area (TPSA) is 61.4 Å². The van der Waals surface area contributed by atoms with Gasteiger partial charge in [0.05, 0.1) is 24.3 Å². The summed E-state index contributed by atoms with van der Waals surface area (Å²) in [5.74, 6) is -0.986. The van der Waals surface area contributed by atoms with E-state index in [-0.39, 0.29) is 24.7 Å². The maximum Gasteiger partial charge on any atom is 0.418 e. The molecule has 2 N–H and O–H groups in total. The maximum atomic E-state index is 13.0. The first-order valence-corrected chi connectivity index (χ1v) is 9.22. The second-order valence-electron chi connectivity index (χ2n) is 6.40. The van der Waals surface area contributed by atoms with Gasteiger partial charge in [-0.1, -0.05) is 30.7 Å². The van der Waals surface area contributed by atoms with E-state index in [4.69, 9.17) is 11.6 Å². The van der Waals surface area contributed by atoms with Crippen LogP contribution in [0, 0.1) is 6.92 Å². The molecule has 0 heterocycles. The number of benzene rings is 2. The Morgan fingerprint density at radius 2 is 1.59 bits per heavy atom. The zero-order chi connectivity index (χ0) is 21.6. The van der Waals surface area contributed by atoms with E-state index in [0.717, 1.165) is 11.6 Å². The van der Waals surface area contributed by atoms with Gasteiger partial charge in [0.2, 0.25) is 11.8 Å². The van der Waals surface area contributed by atoms with Crippen LogP contribution in [0.5, 0.6) is 0 Å².